The van der Waals surface area contributed by atoms with Gasteiger partial charge in [0, 0.05) is 24.1 Å². The Balaban J connectivity index is 2.07. The molecule has 0 fully saturated rings. The zero-order chi connectivity index (χ0) is 15.4. The van der Waals surface area contributed by atoms with Crippen molar-refractivity contribution in [3.05, 3.63) is 52.8 Å². The van der Waals surface area contributed by atoms with Gasteiger partial charge in [-0.3, -0.25) is 4.79 Å². The first kappa shape index (κ1) is 15.4. The number of unbranched alkanes of at least 4 members (excludes halogenated alkanes) is 1. The number of nitrogens with zero attached hydrogens (tertiary/aromatic N) is 1. The highest BCUT2D eigenvalue weighted by Gasteiger charge is 2.13. The van der Waals surface area contributed by atoms with Crippen LogP contribution in [0.25, 0.3) is 0 Å². The van der Waals surface area contributed by atoms with E-state index in [0.717, 1.165) is 29.1 Å². The number of aryl methyl sites for hydroxylation is 2. The van der Waals surface area contributed by atoms with Crippen LogP contribution in [-0.2, 0) is 13.5 Å². The molecule has 3 heteroatoms. The standard InChI is InChI=1S/C18H24N2O/c1-5-6-7-15-8-10-16(11-9-15)19-18(21)17-12-13(2)20(4)14(17)3/h8-12H,5-7H2,1-4H3,(H,19,21). The smallest absolute Gasteiger partial charge is 0.257 e. The van der Waals surface area contributed by atoms with Crippen LogP contribution in [0.2, 0.25) is 0 Å². The van der Waals surface area contributed by atoms with E-state index in [2.05, 4.69) is 24.4 Å². The number of hydrogen-bond acceptors (Lipinski definition) is 1. The number of benzene rings is 1. The Hall–Kier alpha value is -2.03. The third-order valence-corrected chi connectivity index (χ3v) is 4.05. The minimum atomic E-state index is -0.0440. The van der Waals surface area contributed by atoms with Gasteiger partial charge in [0.2, 0.25) is 0 Å². The zero-order valence-corrected chi connectivity index (χ0v) is 13.4. The van der Waals surface area contributed by atoms with Crippen molar-refractivity contribution in [1.29, 1.82) is 0 Å². The second-order valence-corrected chi connectivity index (χ2v) is 5.60. The molecule has 0 saturated heterocycles. The van der Waals surface area contributed by atoms with Crippen LogP contribution in [0.5, 0.6) is 0 Å². The number of carbonyl (C=O) groups excluding carboxylic acids is 1. The first-order chi connectivity index (χ1) is 10.0. The van der Waals surface area contributed by atoms with Gasteiger partial charge in [-0.2, -0.15) is 0 Å². The molecular weight excluding hydrogens is 260 g/mol. The second-order valence-electron chi connectivity index (χ2n) is 5.60. The molecule has 0 bridgehead atoms. The fraction of sp³-hybridized carbons (Fsp3) is 0.389. The molecule has 0 aliphatic heterocycles. The molecule has 1 N–H and O–H groups in total. The molecule has 1 aromatic heterocycles. The van der Waals surface area contributed by atoms with Gasteiger partial charge >= 0.3 is 0 Å². The predicted molar refractivity (Wildman–Crippen MR) is 87.9 cm³/mol. The van der Waals surface area contributed by atoms with Crippen molar-refractivity contribution < 1.29 is 4.79 Å². The first-order valence-electron chi connectivity index (χ1n) is 7.56. The summed E-state index contributed by atoms with van der Waals surface area (Å²) in [6.07, 6.45) is 3.50. The summed E-state index contributed by atoms with van der Waals surface area (Å²) in [6, 6.07) is 10.1. The van der Waals surface area contributed by atoms with Gasteiger partial charge in [-0.25, -0.2) is 0 Å². The number of aromatic nitrogens is 1. The maximum absolute atomic E-state index is 12.3. The lowest BCUT2D eigenvalue weighted by Gasteiger charge is -2.07. The van der Waals surface area contributed by atoms with E-state index < -0.39 is 0 Å². The van der Waals surface area contributed by atoms with Gasteiger partial charge in [0.1, 0.15) is 0 Å². The molecular formula is C18H24N2O. The summed E-state index contributed by atoms with van der Waals surface area (Å²) < 4.78 is 2.03. The third-order valence-electron chi connectivity index (χ3n) is 4.05. The van der Waals surface area contributed by atoms with Crippen LogP contribution in [0.3, 0.4) is 0 Å². The summed E-state index contributed by atoms with van der Waals surface area (Å²) in [7, 11) is 1.98. The van der Waals surface area contributed by atoms with E-state index in [1.165, 1.54) is 18.4 Å². The molecule has 2 aromatic rings. The number of amides is 1. The van der Waals surface area contributed by atoms with Crippen molar-refractivity contribution in [3.63, 3.8) is 0 Å². The summed E-state index contributed by atoms with van der Waals surface area (Å²) in [6.45, 7) is 6.17. The molecule has 0 atom stereocenters. The van der Waals surface area contributed by atoms with Crippen LogP contribution in [-0.4, -0.2) is 10.5 Å². The summed E-state index contributed by atoms with van der Waals surface area (Å²) in [4.78, 5) is 12.3. The molecule has 2 rings (SSSR count). The topological polar surface area (TPSA) is 34.0 Å². The van der Waals surface area contributed by atoms with Crippen molar-refractivity contribution >= 4 is 11.6 Å². The molecule has 0 saturated carbocycles. The zero-order valence-electron chi connectivity index (χ0n) is 13.4. The quantitative estimate of drug-likeness (QED) is 0.875. The van der Waals surface area contributed by atoms with Gasteiger partial charge in [0.15, 0.2) is 0 Å². The Morgan fingerprint density at radius 3 is 2.38 bits per heavy atom. The van der Waals surface area contributed by atoms with E-state index in [1.807, 2.05) is 43.7 Å². The van der Waals surface area contributed by atoms with Crippen molar-refractivity contribution in [2.24, 2.45) is 7.05 Å². The monoisotopic (exact) mass is 284 g/mol. The Labute approximate surface area is 127 Å². The van der Waals surface area contributed by atoms with Crippen LogP contribution in [0.1, 0.15) is 47.1 Å². The van der Waals surface area contributed by atoms with E-state index in [4.69, 9.17) is 0 Å². The van der Waals surface area contributed by atoms with Crippen LogP contribution >= 0.6 is 0 Å². The maximum atomic E-state index is 12.3. The molecule has 0 radical (unpaired) electrons. The molecule has 1 aromatic carbocycles. The molecule has 21 heavy (non-hydrogen) atoms. The number of nitrogens with one attached hydrogen (secondary N) is 1. The van der Waals surface area contributed by atoms with Gasteiger partial charge in [-0.1, -0.05) is 25.5 Å². The van der Waals surface area contributed by atoms with Crippen LogP contribution in [0.4, 0.5) is 5.69 Å². The van der Waals surface area contributed by atoms with Gasteiger partial charge in [0.05, 0.1) is 5.56 Å². The Kier molecular flexibility index (Phi) is 4.84. The Morgan fingerprint density at radius 2 is 1.86 bits per heavy atom. The lowest BCUT2D eigenvalue weighted by molar-refractivity contribution is 0.102. The van der Waals surface area contributed by atoms with Gasteiger partial charge in [0.25, 0.3) is 5.91 Å². The van der Waals surface area contributed by atoms with Gasteiger partial charge in [-0.05, 0) is 50.5 Å². The Morgan fingerprint density at radius 1 is 1.19 bits per heavy atom. The van der Waals surface area contributed by atoms with Crippen molar-refractivity contribution in [2.45, 2.75) is 40.0 Å². The fourth-order valence-electron chi connectivity index (χ4n) is 2.42. The Bertz CT molecular complexity index is 623. The average Bonchev–Trinajstić information content (AvgIpc) is 2.74. The number of anilines is 1. The maximum Gasteiger partial charge on any atom is 0.257 e. The third kappa shape index (κ3) is 3.54. The molecule has 0 aliphatic rings. The van der Waals surface area contributed by atoms with Crippen LogP contribution in [0, 0.1) is 13.8 Å². The van der Waals surface area contributed by atoms with Crippen molar-refractivity contribution in [1.82, 2.24) is 4.57 Å². The highest BCUT2D eigenvalue weighted by Crippen LogP contribution is 2.17. The average molecular weight is 284 g/mol. The van der Waals surface area contributed by atoms with E-state index in [9.17, 15) is 4.79 Å². The summed E-state index contributed by atoms with van der Waals surface area (Å²) in [5.41, 5.74) is 4.99. The lowest BCUT2D eigenvalue weighted by atomic mass is 10.1. The highest BCUT2D eigenvalue weighted by atomic mass is 16.1. The van der Waals surface area contributed by atoms with Gasteiger partial charge < -0.3 is 9.88 Å². The molecule has 0 aliphatic carbocycles. The molecule has 0 unspecified atom stereocenters. The van der Waals surface area contributed by atoms with E-state index in [0.29, 0.717) is 0 Å². The van der Waals surface area contributed by atoms with Gasteiger partial charge in [-0.15, -0.1) is 0 Å². The largest absolute Gasteiger partial charge is 0.351 e. The molecule has 0 spiro atoms. The molecule has 3 nitrogen and oxygen atoms in total. The molecule has 112 valence electrons. The number of rotatable bonds is 5. The lowest BCUT2D eigenvalue weighted by Crippen LogP contribution is -2.12. The van der Waals surface area contributed by atoms with Crippen LogP contribution in [0.15, 0.2) is 30.3 Å². The van der Waals surface area contributed by atoms with E-state index >= 15 is 0 Å². The van der Waals surface area contributed by atoms with E-state index in [1.54, 1.807) is 0 Å². The molecule has 1 amide bonds. The second kappa shape index (κ2) is 6.61. The van der Waals surface area contributed by atoms with Crippen molar-refractivity contribution in [3.8, 4) is 0 Å². The number of hydrogen-bond donors (Lipinski definition) is 1. The SMILES string of the molecule is CCCCc1ccc(NC(=O)c2cc(C)n(C)c2C)cc1. The van der Waals surface area contributed by atoms with Crippen LogP contribution < -0.4 is 5.32 Å². The van der Waals surface area contributed by atoms with E-state index in [-0.39, 0.29) is 5.91 Å². The minimum absolute atomic E-state index is 0.0440. The summed E-state index contributed by atoms with van der Waals surface area (Å²) in [5.74, 6) is -0.0440. The predicted octanol–water partition coefficient (Wildman–Crippen LogP) is 4.24. The first-order valence-corrected chi connectivity index (χ1v) is 7.56. The summed E-state index contributed by atoms with van der Waals surface area (Å²) >= 11 is 0. The normalized spacial score (nSPS) is 10.7. The molecule has 1 heterocycles. The van der Waals surface area contributed by atoms with Crippen molar-refractivity contribution in [2.75, 3.05) is 5.32 Å². The fourth-order valence-corrected chi connectivity index (χ4v) is 2.42. The minimum Gasteiger partial charge on any atom is -0.351 e. The highest BCUT2D eigenvalue weighted by molar-refractivity contribution is 6.05. The summed E-state index contributed by atoms with van der Waals surface area (Å²) in [5, 5.41) is 2.97. The number of carbonyl (C=O) groups is 1.